The Morgan fingerprint density at radius 2 is 2.23 bits per heavy atom. The number of carboxylic acids is 1. The molecule has 0 spiro atoms. The van der Waals surface area contributed by atoms with Crippen molar-refractivity contribution in [1.82, 2.24) is 4.57 Å². The van der Waals surface area contributed by atoms with Crippen LogP contribution in [0.4, 0.5) is 10.1 Å². The van der Waals surface area contributed by atoms with Crippen molar-refractivity contribution in [2.75, 3.05) is 0 Å². The molecule has 1 atom stereocenters. The molecular weight excluding hydrogens is 303 g/mol. The predicted molar refractivity (Wildman–Crippen MR) is 85.0 cm³/mol. The highest BCUT2D eigenvalue weighted by atomic mass is 32.1. The zero-order valence-corrected chi connectivity index (χ0v) is 13.7. The zero-order chi connectivity index (χ0) is 16.3. The van der Waals surface area contributed by atoms with Gasteiger partial charge < -0.3 is 9.67 Å². The van der Waals surface area contributed by atoms with Crippen molar-refractivity contribution in [3.05, 3.63) is 45.5 Å². The SMILES string of the molecule is CCCn1c(C)cs/c1=N\c1ccc(C(C)C(=O)O)c(F)c1. The van der Waals surface area contributed by atoms with Gasteiger partial charge in [-0.3, -0.25) is 4.79 Å². The summed E-state index contributed by atoms with van der Waals surface area (Å²) in [6.45, 7) is 6.44. The van der Waals surface area contributed by atoms with E-state index in [9.17, 15) is 9.18 Å². The average molecular weight is 322 g/mol. The van der Waals surface area contributed by atoms with Gasteiger partial charge in [0, 0.05) is 23.2 Å². The lowest BCUT2D eigenvalue weighted by atomic mass is 10.0. The number of nitrogens with zero attached hydrogens (tertiary/aromatic N) is 2. The van der Waals surface area contributed by atoms with Crippen molar-refractivity contribution < 1.29 is 14.3 Å². The van der Waals surface area contributed by atoms with Gasteiger partial charge in [0.05, 0.1) is 11.6 Å². The number of carbonyl (C=O) groups is 1. The van der Waals surface area contributed by atoms with Crippen LogP contribution in [-0.4, -0.2) is 15.6 Å². The highest BCUT2D eigenvalue weighted by molar-refractivity contribution is 7.07. The minimum absolute atomic E-state index is 0.176. The van der Waals surface area contributed by atoms with E-state index in [0.717, 1.165) is 23.5 Å². The first-order valence-electron chi connectivity index (χ1n) is 7.16. The van der Waals surface area contributed by atoms with E-state index >= 15 is 0 Å². The Labute approximate surface area is 132 Å². The number of thiazole rings is 1. The summed E-state index contributed by atoms with van der Waals surface area (Å²) in [5.41, 5.74) is 1.79. The molecule has 1 N–H and O–H groups in total. The topological polar surface area (TPSA) is 54.6 Å². The lowest BCUT2D eigenvalue weighted by molar-refractivity contribution is -0.138. The molecule has 4 nitrogen and oxygen atoms in total. The van der Waals surface area contributed by atoms with E-state index in [1.165, 1.54) is 30.4 Å². The fourth-order valence-corrected chi connectivity index (χ4v) is 3.10. The lowest BCUT2D eigenvalue weighted by Gasteiger charge is -2.08. The van der Waals surface area contributed by atoms with Gasteiger partial charge in [-0.1, -0.05) is 13.0 Å². The van der Waals surface area contributed by atoms with Crippen molar-refractivity contribution in [2.24, 2.45) is 4.99 Å². The fraction of sp³-hybridized carbons (Fsp3) is 0.375. The highest BCUT2D eigenvalue weighted by Crippen LogP contribution is 2.23. The average Bonchev–Trinajstić information content (AvgIpc) is 2.80. The molecule has 0 saturated carbocycles. The normalized spacial score (nSPS) is 13.4. The van der Waals surface area contributed by atoms with E-state index in [0.29, 0.717) is 5.69 Å². The molecule has 0 amide bonds. The number of aliphatic carboxylic acids is 1. The van der Waals surface area contributed by atoms with E-state index in [4.69, 9.17) is 5.11 Å². The fourth-order valence-electron chi connectivity index (χ4n) is 2.18. The summed E-state index contributed by atoms with van der Waals surface area (Å²) in [6, 6.07) is 4.45. The van der Waals surface area contributed by atoms with Gasteiger partial charge in [-0.2, -0.15) is 0 Å². The molecular formula is C16H19FN2O2S. The van der Waals surface area contributed by atoms with E-state index in [1.54, 1.807) is 6.07 Å². The molecule has 1 heterocycles. The molecule has 1 aromatic carbocycles. The number of aryl methyl sites for hydroxylation is 1. The Bertz CT molecular complexity index is 749. The van der Waals surface area contributed by atoms with Crippen LogP contribution in [0.3, 0.4) is 0 Å². The number of rotatable bonds is 5. The van der Waals surface area contributed by atoms with E-state index in [-0.39, 0.29) is 5.56 Å². The third-order valence-electron chi connectivity index (χ3n) is 3.48. The lowest BCUT2D eigenvalue weighted by Crippen LogP contribution is -2.15. The summed E-state index contributed by atoms with van der Waals surface area (Å²) >= 11 is 1.51. The van der Waals surface area contributed by atoms with Crippen LogP contribution in [0.25, 0.3) is 0 Å². The summed E-state index contributed by atoms with van der Waals surface area (Å²) < 4.78 is 16.2. The van der Waals surface area contributed by atoms with Crippen molar-refractivity contribution in [1.29, 1.82) is 0 Å². The van der Waals surface area contributed by atoms with Crippen LogP contribution in [0.1, 0.15) is 37.4 Å². The molecule has 118 valence electrons. The minimum Gasteiger partial charge on any atom is -0.481 e. The maximum Gasteiger partial charge on any atom is 0.310 e. The summed E-state index contributed by atoms with van der Waals surface area (Å²) in [5.74, 6) is -2.45. The Morgan fingerprint density at radius 1 is 1.50 bits per heavy atom. The molecule has 1 unspecified atom stereocenters. The van der Waals surface area contributed by atoms with Crippen LogP contribution in [0.15, 0.2) is 28.6 Å². The number of halogens is 1. The maximum atomic E-state index is 14.1. The Morgan fingerprint density at radius 3 is 2.82 bits per heavy atom. The van der Waals surface area contributed by atoms with E-state index in [2.05, 4.69) is 16.5 Å². The summed E-state index contributed by atoms with van der Waals surface area (Å²) in [7, 11) is 0. The van der Waals surface area contributed by atoms with Crippen LogP contribution in [0.5, 0.6) is 0 Å². The first kappa shape index (κ1) is 16.4. The number of benzene rings is 1. The molecule has 0 fully saturated rings. The standard InChI is InChI=1S/C16H19FN2O2S/c1-4-7-19-10(2)9-22-16(19)18-12-5-6-13(14(17)8-12)11(3)15(20)21/h5-6,8-9,11H,4,7H2,1-3H3,(H,20,21)/b18-16-. The molecule has 0 aliphatic rings. The predicted octanol–water partition coefficient (Wildman–Crippen LogP) is 3.83. The molecule has 6 heteroatoms. The van der Waals surface area contributed by atoms with Crippen molar-refractivity contribution in [3.63, 3.8) is 0 Å². The van der Waals surface area contributed by atoms with E-state index in [1.807, 2.05) is 12.3 Å². The second-order valence-electron chi connectivity index (χ2n) is 5.19. The summed E-state index contributed by atoms with van der Waals surface area (Å²) in [6.07, 6.45) is 0.994. The van der Waals surface area contributed by atoms with Crippen molar-refractivity contribution in [3.8, 4) is 0 Å². The number of aromatic nitrogens is 1. The summed E-state index contributed by atoms with van der Waals surface area (Å²) in [4.78, 5) is 16.3. The molecule has 22 heavy (non-hydrogen) atoms. The molecule has 0 radical (unpaired) electrons. The van der Waals surface area contributed by atoms with Gasteiger partial charge in [-0.25, -0.2) is 9.38 Å². The van der Waals surface area contributed by atoms with Gasteiger partial charge in [0.15, 0.2) is 4.80 Å². The Kier molecular flexibility index (Phi) is 5.13. The van der Waals surface area contributed by atoms with Gasteiger partial charge >= 0.3 is 5.97 Å². The third kappa shape index (κ3) is 3.44. The molecule has 1 aromatic heterocycles. The van der Waals surface area contributed by atoms with Crippen LogP contribution in [0, 0.1) is 12.7 Å². The molecule has 2 aromatic rings. The van der Waals surface area contributed by atoms with Crippen molar-refractivity contribution >= 4 is 23.0 Å². The highest BCUT2D eigenvalue weighted by Gasteiger charge is 2.17. The zero-order valence-electron chi connectivity index (χ0n) is 12.8. The maximum absolute atomic E-state index is 14.1. The molecule has 0 bridgehead atoms. The smallest absolute Gasteiger partial charge is 0.310 e. The largest absolute Gasteiger partial charge is 0.481 e. The van der Waals surface area contributed by atoms with Crippen LogP contribution in [0.2, 0.25) is 0 Å². The Hall–Kier alpha value is -1.95. The number of hydrogen-bond donors (Lipinski definition) is 1. The van der Waals surface area contributed by atoms with Gasteiger partial charge in [0.1, 0.15) is 5.82 Å². The second-order valence-corrected chi connectivity index (χ2v) is 6.03. The first-order chi connectivity index (χ1) is 10.4. The van der Waals surface area contributed by atoms with Crippen LogP contribution < -0.4 is 4.80 Å². The van der Waals surface area contributed by atoms with Gasteiger partial charge in [-0.15, -0.1) is 11.3 Å². The first-order valence-corrected chi connectivity index (χ1v) is 8.04. The van der Waals surface area contributed by atoms with E-state index < -0.39 is 17.7 Å². The molecule has 0 saturated heterocycles. The summed E-state index contributed by atoms with van der Waals surface area (Å²) in [5, 5.41) is 11.0. The molecule has 2 rings (SSSR count). The second kappa shape index (κ2) is 6.87. The van der Waals surface area contributed by atoms with Crippen molar-refractivity contribution in [2.45, 2.75) is 39.7 Å². The van der Waals surface area contributed by atoms with Gasteiger partial charge in [-0.05, 0) is 32.4 Å². The molecule has 0 aliphatic heterocycles. The Balaban J connectivity index is 2.41. The number of carboxylic acid groups (broad SMARTS) is 1. The van der Waals surface area contributed by atoms with Gasteiger partial charge in [0.2, 0.25) is 0 Å². The van der Waals surface area contributed by atoms with Gasteiger partial charge in [0.25, 0.3) is 0 Å². The van der Waals surface area contributed by atoms with Crippen LogP contribution in [-0.2, 0) is 11.3 Å². The molecule has 0 aliphatic carbocycles. The third-order valence-corrected chi connectivity index (χ3v) is 4.47. The quantitative estimate of drug-likeness (QED) is 0.909. The number of hydrogen-bond acceptors (Lipinski definition) is 3. The monoisotopic (exact) mass is 322 g/mol. The van der Waals surface area contributed by atoms with Crippen LogP contribution >= 0.6 is 11.3 Å². The minimum atomic E-state index is -1.04.